The van der Waals surface area contributed by atoms with Crippen molar-refractivity contribution in [3.05, 3.63) is 65.2 Å². The Balaban J connectivity index is 1.79. The Morgan fingerprint density at radius 3 is 2.44 bits per heavy atom. The van der Waals surface area contributed by atoms with Gasteiger partial charge in [0.15, 0.2) is 5.75 Å². The van der Waals surface area contributed by atoms with Crippen LogP contribution in [0.2, 0.25) is 0 Å². The van der Waals surface area contributed by atoms with Crippen molar-refractivity contribution in [1.82, 2.24) is 15.1 Å². The molecule has 0 bridgehead atoms. The zero-order valence-corrected chi connectivity index (χ0v) is 29.6. The van der Waals surface area contributed by atoms with Crippen LogP contribution in [0.3, 0.4) is 0 Å². The summed E-state index contributed by atoms with van der Waals surface area (Å²) in [6, 6.07) is 11.0. The molecule has 50 heavy (non-hydrogen) atoms. The zero-order chi connectivity index (χ0) is 36.9. The van der Waals surface area contributed by atoms with E-state index >= 15 is 0 Å². The molecule has 0 aromatic heterocycles. The number of rotatable bonds is 10. The van der Waals surface area contributed by atoms with Crippen LogP contribution in [0.4, 0.5) is 10.5 Å². The summed E-state index contributed by atoms with van der Waals surface area (Å²) in [7, 11) is 5.74. The van der Waals surface area contributed by atoms with Gasteiger partial charge in [0.25, 0.3) is 11.8 Å². The SMILES string of the molecule is COC(=O)c1ccc2c(CN3C(=O)C(NC(=O)C(C)N(C)C(=O)OC(C)(C)C)COc4c(C(=O)N(C)CCO)cccc43)c(OC)ccc2c1. The number of aliphatic hydroxyl groups is 1. The molecule has 1 aliphatic heterocycles. The van der Waals surface area contributed by atoms with E-state index in [9.17, 15) is 29.1 Å². The van der Waals surface area contributed by atoms with Gasteiger partial charge in [0, 0.05) is 26.2 Å². The van der Waals surface area contributed by atoms with Crippen LogP contribution in [-0.2, 0) is 25.6 Å². The minimum absolute atomic E-state index is 0.0631. The van der Waals surface area contributed by atoms with Crippen molar-refractivity contribution in [2.24, 2.45) is 0 Å². The van der Waals surface area contributed by atoms with Gasteiger partial charge in [-0.2, -0.15) is 0 Å². The maximum atomic E-state index is 14.5. The minimum Gasteiger partial charge on any atom is -0.496 e. The number of nitrogens with zero attached hydrogens (tertiary/aromatic N) is 3. The largest absolute Gasteiger partial charge is 0.496 e. The third-order valence-corrected chi connectivity index (χ3v) is 8.26. The molecule has 2 atom stereocenters. The molecule has 0 saturated carbocycles. The number of aliphatic hydroxyl groups excluding tert-OH is 1. The molecule has 3 aromatic rings. The Hall–Kier alpha value is -5.37. The van der Waals surface area contributed by atoms with E-state index in [0.717, 1.165) is 4.90 Å². The lowest BCUT2D eigenvalue weighted by atomic mass is 10.00. The second-order valence-corrected chi connectivity index (χ2v) is 12.8. The van der Waals surface area contributed by atoms with E-state index in [1.807, 2.05) is 0 Å². The number of ether oxygens (including phenoxy) is 4. The van der Waals surface area contributed by atoms with Crippen molar-refractivity contribution < 1.29 is 48.0 Å². The van der Waals surface area contributed by atoms with E-state index in [2.05, 4.69) is 5.32 Å². The van der Waals surface area contributed by atoms with Crippen molar-refractivity contribution in [2.45, 2.75) is 51.9 Å². The summed E-state index contributed by atoms with van der Waals surface area (Å²) in [6.45, 7) is 6.02. The molecule has 0 spiro atoms. The second kappa shape index (κ2) is 15.5. The van der Waals surface area contributed by atoms with Gasteiger partial charge in [-0.1, -0.05) is 18.2 Å². The first-order valence-corrected chi connectivity index (χ1v) is 16.0. The van der Waals surface area contributed by atoms with E-state index in [4.69, 9.17) is 18.9 Å². The number of carbonyl (C=O) groups excluding carboxylic acids is 5. The molecule has 1 aliphatic rings. The lowest BCUT2D eigenvalue weighted by Crippen LogP contribution is -2.55. The van der Waals surface area contributed by atoms with Crippen LogP contribution in [0.15, 0.2) is 48.5 Å². The fourth-order valence-corrected chi connectivity index (χ4v) is 5.42. The number of para-hydroxylation sites is 1. The predicted octanol–water partition coefficient (Wildman–Crippen LogP) is 3.37. The number of hydrogen-bond acceptors (Lipinski definition) is 10. The molecule has 14 heteroatoms. The predicted molar refractivity (Wildman–Crippen MR) is 184 cm³/mol. The standard InChI is InChI=1S/C36H44N4O10/c1-21(39(6)35(46)50-36(2,3)4)31(42)37-27-20-49-30-25(32(43)38(5)16-17-41)10-9-11-28(30)40(33(27)44)19-26-24-14-12-23(34(45)48-8)18-22(24)13-15-29(26)47-7/h9-15,18,21,27,41H,16-17,19-20H2,1-8H3,(H,37,42). The Kier molecular flexibility index (Phi) is 11.6. The van der Waals surface area contributed by atoms with Crippen LogP contribution >= 0.6 is 0 Å². The summed E-state index contributed by atoms with van der Waals surface area (Å²) in [5.41, 5.74) is 0.542. The van der Waals surface area contributed by atoms with Crippen molar-refractivity contribution >= 4 is 46.2 Å². The third-order valence-electron chi connectivity index (χ3n) is 8.26. The van der Waals surface area contributed by atoms with Crippen molar-refractivity contribution in [3.63, 3.8) is 0 Å². The zero-order valence-electron chi connectivity index (χ0n) is 29.6. The first-order chi connectivity index (χ1) is 23.6. The molecular weight excluding hydrogens is 648 g/mol. The van der Waals surface area contributed by atoms with E-state index in [1.54, 1.807) is 69.3 Å². The summed E-state index contributed by atoms with van der Waals surface area (Å²) < 4.78 is 22.2. The normalized spacial score (nSPS) is 14.9. The first kappa shape index (κ1) is 37.4. The average Bonchev–Trinajstić information content (AvgIpc) is 3.21. The molecule has 4 rings (SSSR count). The molecule has 0 aliphatic carbocycles. The number of carbonyl (C=O) groups is 5. The fourth-order valence-electron chi connectivity index (χ4n) is 5.42. The van der Waals surface area contributed by atoms with Crippen LogP contribution in [0.1, 0.15) is 54.0 Å². The Morgan fingerprint density at radius 1 is 1.08 bits per heavy atom. The molecule has 0 fully saturated rings. The smallest absolute Gasteiger partial charge is 0.410 e. The van der Waals surface area contributed by atoms with E-state index in [0.29, 0.717) is 27.6 Å². The van der Waals surface area contributed by atoms with Gasteiger partial charge >= 0.3 is 12.1 Å². The number of benzene rings is 3. The lowest BCUT2D eigenvalue weighted by Gasteiger charge is -2.30. The van der Waals surface area contributed by atoms with Gasteiger partial charge < -0.3 is 39.2 Å². The Labute approximate surface area is 290 Å². The number of anilines is 1. The Bertz CT molecular complexity index is 1790. The molecule has 0 saturated heterocycles. The van der Waals surface area contributed by atoms with Gasteiger partial charge in [-0.15, -0.1) is 0 Å². The molecule has 2 N–H and O–H groups in total. The third kappa shape index (κ3) is 8.08. The number of hydrogen-bond donors (Lipinski definition) is 2. The van der Waals surface area contributed by atoms with E-state index < -0.39 is 47.5 Å². The lowest BCUT2D eigenvalue weighted by molar-refractivity contribution is -0.130. The van der Waals surface area contributed by atoms with Gasteiger partial charge in [-0.25, -0.2) is 9.59 Å². The van der Waals surface area contributed by atoms with E-state index in [1.165, 1.54) is 45.0 Å². The van der Waals surface area contributed by atoms with Crippen LogP contribution in [0.25, 0.3) is 10.8 Å². The molecule has 0 radical (unpaired) electrons. The molecule has 268 valence electrons. The fraction of sp³-hybridized carbons (Fsp3) is 0.417. The van der Waals surface area contributed by atoms with Crippen LogP contribution in [0.5, 0.6) is 11.5 Å². The van der Waals surface area contributed by atoms with Crippen molar-refractivity contribution in [3.8, 4) is 11.5 Å². The van der Waals surface area contributed by atoms with Gasteiger partial charge in [0.1, 0.15) is 30.0 Å². The highest BCUT2D eigenvalue weighted by Gasteiger charge is 2.37. The highest BCUT2D eigenvalue weighted by atomic mass is 16.6. The van der Waals surface area contributed by atoms with Crippen molar-refractivity contribution in [1.29, 1.82) is 0 Å². The molecular formula is C36H44N4O10. The van der Waals surface area contributed by atoms with Crippen LogP contribution in [-0.4, -0.2) is 110 Å². The maximum Gasteiger partial charge on any atom is 0.410 e. The molecule has 1 heterocycles. The highest BCUT2D eigenvalue weighted by molar-refractivity contribution is 6.06. The maximum absolute atomic E-state index is 14.5. The summed E-state index contributed by atoms with van der Waals surface area (Å²) in [6.07, 6.45) is -0.716. The molecule has 2 unspecified atom stereocenters. The van der Waals surface area contributed by atoms with Crippen molar-refractivity contribution in [2.75, 3.05) is 53.0 Å². The topological polar surface area (TPSA) is 164 Å². The first-order valence-electron chi connectivity index (χ1n) is 16.0. The quantitative estimate of drug-likeness (QED) is 0.301. The minimum atomic E-state index is -1.24. The van der Waals surface area contributed by atoms with Crippen LogP contribution < -0.4 is 19.7 Å². The van der Waals surface area contributed by atoms with Gasteiger partial charge in [-0.05, 0) is 68.8 Å². The molecule has 4 amide bonds. The number of esters is 1. The van der Waals surface area contributed by atoms with Gasteiger partial charge in [0.2, 0.25) is 5.91 Å². The number of fused-ring (bicyclic) bond motifs is 2. The molecule has 14 nitrogen and oxygen atoms in total. The number of amides is 4. The number of likely N-dealkylation sites (N-methyl/N-ethyl adjacent to an activating group) is 2. The summed E-state index contributed by atoms with van der Waals surface area (Å²) in [5.74, 6) is -1.58. The summed E-state index contributed by atoms with van der Waals surface area (Å²) >= 11 is 0. The number of methoxy groups -OCH3 is 2. The monoisotopic (exact) mass is 692 g/mol. The highest BCUT2D eigenvalue weighted by Crippen LogP contribution is 2.39. The van der Waals surface area contributed by atoms with Crippen LogP contribution in [0, 0.1) is 0 Å². The Morgan fingerprint density at radius 2 is 1.80 bits per heavy atom. The van der Waals surface area contributed by atoms with E-state index in [-0.39, 0.29) is 43.3 Å². The van der Waals surface area contributed by atoms with Gasteiger partial charge in [0.05, 0.1) is 44.2 Å². The molecule has 3 aromatic carbocycles. The average molecular weight is 693 g/mol. The summed E-state index contributed by atoms with van der Waals surface area (Å²) in [4.78, 5) is 70.3. The number of nitrogens with one attached hydrogen (secondary N) is 1. The second-order valence-electron chi connectivity index (χ2n) is 12.8. The van der Waals surface area contributed by atoms with Gasteiger partial charge in [-0.3, -0.25) is 19.3 Å². The summed E-state index contributed by atoms with van der Waals surface area (Å²) in [5, 5.41) is 13.5.